The highest BCUT2D eigenvalue weighted by Crippen LogP contribution is 2.33. The summed E-state index contributed by atoms with van der Waals surface area (Å²) in [6.07, 6.45) is 3.52. The molecule has 0 amide bonds. The van der Waals surface area contributed by atoms with Crippen molar-refractivity contribution in [3.05, 3.63) is 35.9 Å². The average molecular weight is 306 g/mol. The van der Waals surface area contributed by atoms with E-state index in [2.05, 4.69) is 20.8 Å². The third kappa shape index (κ3) is 6.18. The van der Waals surface area contributed by atoms with Gasteiger partial charge in [0.15, 0.2) is 0 Å². The minimum Gasteiger partial charge on any atom is -0.462 e. The van der Waals surface area contributed by atoms with Gasteiger partial charge in [0, 0.05) is 0 Å². The molecule has 0 aromatic heterocycles. The second-order valence-electron chi connectivity index (χ2n) is 6.48. The summed E-state index contributed by atoms with van der Waals surface area (Å²) in [6, 6.07) is 8.96. The van der Waals surface area contributed by atoms with Crippen LogP contribution in [0.1, 0.15) is 57.3 Å². The molecule has 0 heterocycles. The minimum atomic E-state index is -0.256. The van der Waals surface area contributed by atoms with Gasteiger partial charge in [0.1, 0.15) is 0 Å². The van der Waals surface area contributed by atoms with Crippen molar-refractivity contribution < 1.29 is 14.6 Å². The van der Waals surface area contributed by atoms with Crippen LogP contribution in [0, 0.1) is 17.8 Å². The van der Waals surface area contributed by atoms with Crippen LogP contribution in [-0.2, 0) is 4.74 Å². The Bertz CT molecular complexity index is 428. The van der Waals surface area contributed by atoms with E-state index in [1.165, 1.54) is 12.8 Å². The van der Waals surface area contributed by atoms with Crippen LogP contribution in [0.4, 0.5) is 0 Å². The highest BCUT2D eigenvalue weighted by molar-refractivity contribution is 5.89. The van der Waals surface area contributed by atoms with Gasteiger partial charge in [0.2, 0.25) is 0 Å². The van der Waals surface area contributed by atoms with Crippen LogP contribution < -0.4 is 0 Å². The Labute approximate surface area is 134 Å². The number of carbonyl (C=O) groups excluding carboxylic acids is 1. The van der Waals surface area contributed by atoms with E-state index in [1.807, 2.05) is 18.2 Å². The first-order valence-electron chi connectivity index (χ1n) is 8.35. The first-order valence-corrected chi connectivity index (χ1v) is 8.35. The van der Waals surface area contributed by atoms with Crippen LogP contribution in [0.25, 0.3) is 0 Å². The fourth-order valence-corrected chi connectivity index (χ4v) is 2.94. The van der Waals surface area contributed by atoms with E-state index in [0.717, 1.165) is 12.3 Å². The first-order chi connectivity index (χ1) is 10.5. The normalized spacial score (nSPS) is 24.4. The molecule has 1 aliphatic rings. The lowest BCUT2D eigenvalue weighted by Crippen LogP contribution is -2.31. The number of ether oxygens (including phenoxy) is 1. The number of carbonyl (C=O) groups is 1. The quantitative estimate of drug-likeness (QED) is 0.847. The van der Waals surface area contributed by atoms with Gasteiger partial charge in [0.25, 0.3) is 0 Å². The maximum Gasteiger partial charge on any atom is 0.338 e. The van der Waals surface area contributed by atoms with Crippen molar-refractivity contribution in [3.63, 3.8) is 0 Å². The van der Waals surface area contributed by atoms with Gasteiger partial charge in [-0.2, -0.15) is 0 Å². The fourth-order valence-electron chi connectivity index (χ4n) is 2.94. The van der Waals surface area contributed by atoms with Crippen molar-refractivity contribution in [3.8, 4) is 0 Å². The monoisotopic (exact) mass is 306 g/mol. The standard InChI is InChI=1S/C10H20O.C9H10O2/c1-7(2)9-5-4-8(3)6-10(9)11;1-2-11-9(10)8-6-4-3-5-7-8/h7-11H,4-6H2,1-3H3;3-7H,2H2,1H3. The van der Waals surface area contributed by atoms with E-state index in [1.54, 1.807) is 19.1 Å². The van der Waals surface area contributed by atoms with Crippen molar-refractivity contribution in [1.82, 2.24) is 0 Å². The third-order valence-electron chi connectivity index (χ3n) is 4.27. The molecular weight excluding hydrogens is 276 g/mol. The van der Waals surface area contributed by atoms with Crippen LogP contribution in [0.3, 0.4) is 0 Å². The highest BCUT2D eigenvalue weighted by atomic mass is 16.5. The van der Waals surface area contributed by atoms with Crippen LogP contribution in [0.15, 0.2) is 30.3 Å². The van der Waals surface area contributed by atoms with Gasteiger partial charge in [-0.25, -0.2) is 4.79 Å². The summed E-state index contributed by atoms with van der Waals surface area (Å²) in [5.41, 5.74) is 0.606. The summed E-state index contributed by atoms with van der Waals surface area (Å²) in [6.45, 7) is 8.88. The SMILES string of the molecule is CC1CCC(C(C)C)C(O)C1.CCOC(=O)c1ccccc1. The van der Waals surface area contributed by atoms with Gasteiger partial charge >= 0.3 is 5.97 Å². The molecule has 0 bridgehead atoms. The molecule has 3 atom stereocenters. The van der Waals surface area contributed by atoms with E-state index in [0.29, 0.717) is 24.0 Å². The summed E-state index contributed by atoms with van der Waals surface area (Å²) in [5.74, 6) is 1.69. The largest absolute Gasteiger partial charge is 0.462 e. The summed E-state index contributed by atoms with van der Waals surface area (Å²) in [4.78, 5) is 11.0. The highest BCUT2D eigenvalue weighted by Gasteiger charge is 2.28. The van der Waals surface area contributed by atoms with E-state index in [-0.39, 0.29) is 12.1 Å². The first kappa shape index (κ1) is 18.7. The van der Waals surface area contributed by atoms with E-state index in [9.17, 15) is 9.90 Å². The molecule has 1 aliphatic carbocycles. The van der Waals surface area contributed by atoms with Gasteiger partial charge in [0.05, 0.1) is 18.3 Å². The summed E-state index contributed by atoms with van der Waals surface area (Å²) in [7, 11) is 0. The van der Waals surface area contributed by atoms with Gasteiger partial charge in [-0.1, -0.05) is 45.4 Å². The Kier molecular flexibility index (Phi) is 8.18. The lowest BCUT2D eigenvalue weighted by Gasteiger charge is -2.33. The van der Waals surface area contributed by atoms with Gasteiger partial charge in [-0.05, 0) is 49.7 Å². The Morgan fingerprint density at radius 2 is 1.91 bits per heavy atom. The van der Waals surface area contributed by atoms with E-state index < -0.39 is 0 Å². The minimum absolute atomic E-state index is 0.0289. The predicted octanol–water partition coefficient (Wildman–Crippen LogP) is 4.30. The van der Waals surface area contributed by atoms with E-state index in [4.69, 9.17) is 4.74 Å². The second kappa shape index (κ2) is 9.62. The van der Waals surface area contributed by atoms with E-state index >= 15 is 0 Å². The maximum atomic E-state index is 11.0. The van der Waals surface area contributed by atoms with Crippen molar-refractivity contribution >= 4 is 5.97 Å². The smallest absolute Gasteiger partial charge is 0.338 e. The zero-order valence-electron chi connectivity index (χ0n) is 14.3. The van der Waals surface area contributed by atoms with Crippen LogP contribution in [0.2, 0.25) is 0 Å². The zero-order chi connectivity index (χ0) is 16.5. The molecule has 3 nitrogen and oxygen atoms in total. The average Bonchev–Trinajstić information content (AvgIpc) is 2.48. The fraction of sp³-hybridized carbons (Fsp3) is 0.632. The molecule has 1 saturated carbocycles. The zero-order valence-corrected chi connectivity index (χ0v) is 14.3. The third-order valence-corrected chi connectivity index (χ3v) is 4.27. The summed E-state index contributed by atoms with van der Waals surface area (Å²) < 4.78 is 4.79. The van der Waals surface area contributed by atoms with Crippen LogP contribution in [0.5, 0.6) is 0 Å². The number of aliphatic hydroxyl groups excluding tert-OH is 1. The van der Waals surface area contributed by atoms with Crippen molar-refractivity contribution in [1.29, 1.82) is 0 Å². The Morgan fingerprint density at radius 1 is 1.27 bits per heavy atom. The van der Waals surface area contributed by atoms with Crippen molar-refractivity contribution in [2.75, 3.05) is 6.61 Å². The summed E-state index contributed by atoms with van der Waals surface area (Å²) >= 11 is 0. The molecule has 2 rings (SSSR count). The molecule has 0 radical (unpaired) electrons. The molecule has 1 aromatic rings. The topological polar surface area (TPSA) is 46.5 Å². The maximum absolute atomic E-state index is 11.0. The predicted molar refractivity (Wildman–Crippen MR) is 89.7 cm³/mol. The molecule has 0 saturated heterocycles. The van der Waals surface area contributed by atoms with Gasteiger partial charge < -0.3 is 9.84 Å². The lowest BCUT2D eigenvalue weighted by atomic mass is 9.75. The number of benzene rings is 1. The molecule has 0 aliphatic heterocycles. The number of hydrogen-bond donors (Lipinski definition) is 1. The molecule has 1 fully saturated rings. The molecule has 22 heavy (non-hydrogen) atoms. The molecule has 1 aromatic carbocycles. The van der Waals surface area contributed by atoms with Crippen molar-refractivity contribution in [2.24, 2.45) is 17.8 Å². The van der Waals surface area contributed by atoms with Crippen LogP contribution >= 0.6 is 0 Å². The van der Waals surface area contributed by atoms with Gasteiger partial charge in [-0.3, -0.25) is 0 Å². The molecule has 0 spiro atoms. The Morgan fingerprint density at radius 3 is 2.41 bits per heavy atom. The number of hydrogen-bond acceptors (Lipinski definition) is 3. The number of rotatable bonds is 3. The molecular formula is C19H30O3. The van der Waals surface area contributed by atoms with Crippen molar-refractivity contribution in [2.45, 2.75) is 53.1 Å². The summed E-state index contributed by atoms with van der Waals surface area (Å²) in [5, 5.41) is 9.71. The Balaban J connectivity index is 0.000000220. The molecule has 1 N–H and O–H groups in total. The second-order valence-corrected chi connectivity index (χ2v) is 6.48. The molecule has 3 heteroatoms. The molecule has 3 unspecified atom stereocenters. The molecule has 124 valence electrons. The number of esters is 1. The number of aliphatic hydroxyl groups is 1. The lowest BCUT2D eigenvalue weighted by molar-refractivity contribution is 0.0265. The van der Waals surface area contributed by atoms with Crippen LogP contribution in [-0.4, -0.2) is 23.8 Å². The Hall–Kier alpha value is -1.35. The van der Waals surface area contributed by atoms with Gasteiger partial charge in [-0.15, -0.1) is 0 Å².